The molecule has 1 aromatic rings. The number of hydrogen-bond acceptors (Lipinski definition) is 4. The monoisotopic (exact) mass is 287 g/mol. The fourth-order valence-electron chi connectivity index (χ4n) is 1.46. The molecule has 90 valence electrons. The van der Waals surface area contributed by atoms with Crippen molar-refractivity contribution in [3.63, 3.8) is 0 Å². The van der Waals surface area contributed by atoms with Crippen LogP contribution in [0, 0.1) is 0 Å². The Morgan fingerprint density at radius 3 is 2.81 bits per heavy atom. The summed E-state index contributed by atoms with van der Waals surface area (Å²) >= 11 is 3.34. The van der Waals surface area contributed by atoms with Gasteiger partial charge in [0.1, 0.15) is 0 Å². The van der Waals surface area contributed by atoms with Crippen molar-refractivity contribution in [2.45, 2.75) is 32.7 Å². The molecule has 5 heteroatoms. The first kappa shape index (κ1) is 13.2. The number of aromatic nitrogens is 2. The SMILES string of the molecule is CCCC(C)N(C)c1ncc(Br)c(OC)n1. The topological polar surface area (TPSA) is 38.2 Å². The normalized spacial score (nSPS) is 12.3. The van der Waals surface area contributed by atoms with E-state index in [0.717, 1.165) is 17.3 Å². The molecule has 0 aliphatic carbocycles. The van der Waals surface area contributed by atoms with E-state index >= 15 is 0 Å². The molecule has 0 saturated carbocycles. The molecule has 0 radical (unpaired) electrons. The summed E-state index contributed by atoms with van der Waals surface area (Å²) in [7, 11) is 3.61. The second-order valence-corrected chi connectivity index (χ2v) is 4.63. The summed E-state index contributed by atoms with van der Waals surface area (Å²) in [5, 5.41) is 0. The lowest BCUT2D eigenvalue weighted by Crippen LogP contribution is -2.30. The second-order valence-electron chi connectivity index (χ2n) is 3.78. The third-order valence-corrected chi connectivity index (χ3v) is 3.12. The Hall–Kier alpha value is -0.840. The predicted octanol–water partition coefficient (Wildman–Crippen LogP) is 2.87. The van der Waals surface area contributed by atoms with Gasteiger partial charge in [-0.05, 0) is 29.3 Å². The molecule has 0 aliphatic rings. The zero-order chi connectivity index (χ0) is 12.1. The third-order valence-electron chi connectivity index (χ3n) is 2.58. The van der Waals surface area contributed by atoms with Gasteiger partial charge < -0.3 is 9.64 Å². The van der Waals surface area contributed by atoms with Crippen LogP contribution >= 0.6 is 15.9 Å². The molecular formula is C11H18BrN3O. The molecule has 16 heavy (non-hydrogen) atoms. The van der Waals surface area contributed by atoms with Gasteiger partial charge in [-0.1, -0.05) is 13.3 Å². The minimum atomic E-state index is 0.427. The first-order valence-corrected chi connectivity index (χ1v) is 6.18. The highest BCUT2D eigenvalue weighted by molar-refractivity contribution is 9.10. The Morgan fingerprint density at radius 1 is 1.56 bits per heavy atom. The molecule has 1 rings (SSSR count). The first-order chi connectivity index (χ1) is 7.60. The smallest absolute Gasteiger partial charge is 0.232 e. The van der Waals surface area contributed by atoms with Crippen LogP contribution in [0.25, 0.3) is 0 Å². The van der Waals surface area contributed by atoms with Crippen molar-refractivity contribution in [3.05, 3.63) is 10.7 Å². The highest BCUT2D eigenvalue weighted by Gasteiger charge is 2.13. The number of nitrogens with zero attached hydrogens (tertiary/aromatic N) is 3. The molecule has 0 amide bonds. The van der Waals surface area contributed by atoms with Crippen LogP contribution in [-0.2, 0) is 0 Å². The zero-order valence-corrected chi connectivity index (χ0v) is 11.8. The van der Waals surface area contributed by atoms with Gasteiger partial charge in [0, 0.05) is 13.1 Å². The van der Waals surface area contributed by atoms with Crippen molar-refractivity contribution in [1.82, 2.24) is 9.97 Å². The van der Waals surface area contributed by atoms with Gasteiger partial charge >= 0.3 is 0 Å². The maximum absolute atomic E-state index is 5.15. The molecule has 0 aromatic carbocycles. The van der Waals surface area contributed by atoms with Crippen molar-refractivity contribution in [2.24, 2.45) is 0 Å². The lowest BCUT2D eigenvalue weighted by molar-refractivity contribution is 0.393. The summed E-state index contributed by atoms with van der Waals surface area (Å²) in [6.07, 6.45) is 3.99. The molecule has 1 atom stereocenters. The van der Waals surface area contributed by atoms with Crippen LogP contribution in [-0.4, -0.2) is 30.2 Å². The van der Waals surface area contributed by atoms with Gasteiger partial charge in [-0.25, -0.2) is 4.98 Å². The van der Waals surface area contributed by atoms with E-state index in [1.165, 1.54) is 0 Å². The lowest BCUT2D eigenvalue weighted by atomic mass is 10.2. The molecule has 0 N–H and O–H groups in total. The van der Waals surface area contributed by atoms with E-state index in [1.807, 2.05) is 7.05 Å². The summed E-state index contributed by atoms with van der Waals surface area (Å²) < 4.78 is 5.92. The van der Waals surface area contributed by atoms with Gasteiger partial charge in [-0.3, -0.25) is 0 Å². The summed E-state index contributed by atoms with van der Waals surface area (Å²) in [6, 6.07) is 0.427. The molecule has 0 aliphatic heterocycles. The van der Waals surface area contributed by atoms with Crippen LogP contribution in [0.3, 0.4) is 0 Å². The maximum atomic E-state index is 5.15. The Bertz CT molecular complexity index is 346. The van der Waals surface area contributed by atoms with Crippen LogP contribution in [0.15, 0.2) is 10.7 Å². The van der Waals surface area contributed by atoms with Crippen molar-refractivity contribution < 1.29 is 4.74 Å². The third kappa shape index (κ3) is 3.07. The molecule has 0 saturated heterocycles. The molecule has 1 aromatic heterocycles. The standard InChI is InChI=1S/C11H18BrN3O/c1-5-6-8(2)15(3)11-13-7-9(12)10(14-11)16-4/h7-8H,5-6H2,1-4H3. The Kier molecular flexibility index (Phi) is 4.99. The molecule has 1 unspecified atom stereocenters. The van der Waals surface area contributed by atoms with Gasteiger partial charge in [-0.15, -0.1) is 0 Å². The number of methoxy groups -OCH3 is 1. The average Bonchev–Trinajstić information content (AvgIpc) is 2.29. The Balaban J connectivity index is 2.87. The van der Waals surface area contributed by atoms with Crippen molar-refractivity contribution in [1.29, 1.82) is 0 Å². The van der Waals surface area contributed by atoms with Crippen LogP contribution in [0.2, 0.25) is 0 Å². The summed E-state index contributed by atoms with van der Waals surface area (Å²) in [4.78, 5) is 10.7. The highest BCUT2D eigenvalue weighted by Crippen LogP contribution is 2.24. The summed E-state index contributed by atoms with van der Waals surface area (Å²) in [5.41, 5.74) is 0. The zero-order valence-electron chi connectivity index (χ0n) is 10.2. The average molecular weight is 288 g/mol. The lowest BCUT2D eigenvalue weighted by Gasteiger charge is -2.24. The van der Waals surface area contributed by atoms with Gasteiger partial charge in [0.25, 0.3) is 0 Å². The van der Waals surface area contributed by atoms with E-state index in [1.54, 1.807) is 13.3 Å². The number of halogens is 1. The molecule has 4 nitrogen and oxygen atoms in total. The van der Waals surface area contributed by atoms with Crippen LogP contribution in [0.4, 0.5) is 5.95 Å². The predicted molar refractivity (Wildman–Crippen MR) is 69.1 cm³/mol. The van der Waals surface area contributed by atoms with Crippen LogP contribution < -0.4 is 9.64 Å². The second kappa shape index (κ2) is 6.03. The number of hydrogen-bond donors (Lipinski definition) is 0. The minimum Gasteiger partial charge on any atom is -0.480 e. The summed E-state index contributed by atoms with van der Waals surface area (Å²) in [5.74, 6) is 1.27. The van der Waals surface area contributed by atoms with Crippen LogP contribution in [0.1, 0.15) is 26.7 Å². The minimum absolute atomic E-state index is 0.427. The number of rotatable bonds is 5. The fourth-order valence-corrected chi connectivity index (χ4v) is 1.82. The van der Waals surface area contributed by atoms with Gasteiger partial charge in [0.2, 0.25) is 11.8 Å². The largest absolute Gasteiger partial charge is 0.480 e. The van der Waals surface area contributed by atoms with E-state index in [0.29, 0.717) is 17.9 Å². The molecule has 0 bridgehead atoms. The van der Waals surface area contributed by atoms with Gasteiger partial charge in [0.05, 0.1) is 17.8 Å². The Morgan fingerprint density at radius 2 is 2.25 bits per heavy atom. The molecule has 0 fully saturated rings. The maximum Gasteiger partial charge on any atom is 0.232 e. The Labute approximate surface area is 105 Å². The summed E-state index contributed by atoms with van der Waals surface area (Å²) in [6.45, 7) is 4.34. The number of anilines is 1. The van der Waals surface area contributed by atoms with E-state index in [2.05, 4.69) is 44.6 Å². The first-order valence-electron chi connectivity index (χ1n) is 5.39. The molecule has 0 spiro atoms. The van der Waals surface area contributed by atoms with Crippen LogP contribution in [0.5, 0.6) is 5.88 Å². The molecular weight excluding hydrogens is 270 g/mol. The van der Waals surface area contributed by atoms with Crippen molar-refractivity contribution in [3.8, 4) is 5.88 Å². The van der Waals surface area contributed by atoms with Gasteiger partial charge in [-0.2, -0.15) is 4.98 Å². The van der Waals surface area contributed by atoms with E-state index < -0.39 is 0 Å². The number of ether oxygens (including phenoxy) is 1. The van der Waals surface area contributed by atoms with E-state index in [9.17, 15) is 0 Å². The van der Waals surface area contributed by atoms with Crippen molar-refractivity contribution in [2.75, 3.05) is 19.1 Å². The fraction of sp³-hybridized carbons (Fsp3) is 0.636. The van der Waals surface area contributed by atoms with E-state index in [-0.39, 0.29) is 0 Å². The molecule has 1 heterocycles. The van der Waals surface area contributed by atoms with E-state index in [4.69, 9.17) is 4.74 Å². The van der Waals surface area contributed by atoms with Gasteiger partial charge in [0.15, 0.2) is 0 Å². The highest BCUT2D eigenvalue weighted by atomic mass is 79.9. The van der Waals surface area contributed by atoms with Crippen molar-refractivity contribution >= 4 is 21.9 Å². The quantitative estimate of drug-likeness (QED) is 0.835.